The minimum atomic E-state index is -2.07. The zero-order valence-corrected chi connectivity index (χ0v) is 67.0. The van der Waals surface area contributed by atoms with E-state index < -0.39 is 13.7 Å². The first-order valence-corrected chi connectivity index (χ1v) is 35.7. The van der Waals surface area contributed by atoms with E-state index in [4.69, 9.17) is 8.22 Å². The van der Waals surface area contributed by atoms with Crippen molar-refractivity contribution >= 4 is 0 Å². The third-order valence-electron chi connectivity index (χ3n) is 20.3. The highest BCUT2D eigenvalue weighted by Gasteiger charge is 2.23. The number of aromatic nitrogens is 6. The lowest BCUT2D eigenvalue weighted by Gasteiger charge is -2.11. The van der Waals surface area contributed by atoms with Crippen LogP contribution in [0.1, 0.15) is 143 Å². The number of aryl methyl sites for hydroxylation is 22. The molecule has 0 aliphatic heterocycles. The molecule has 12 aromatic rings. The second kappa shape index (κ2) is 34.7. The molecule has 12 rings (SSSR count). The Labute approximate surface area is 624 Å². The van der Waals surface area contributed by atoms with Gasteiger partial charge in [-0.3, -0.25) is 0 Å². The van der Waals surface area contributed by atoms with Crippen LogP contribution in [0.25, 0.3) is 67.5 Å². The fourth-order valence-electron chi connectivity index (χ4n) is 13.6. The Bertz CT molecular complexity index is 5210. The first-order chi connectivity index (χ1) is 50.4. The molecular formula is C96H120N6+6. The molecule has 0 aliphatic rings. The van der Waals surface area contributed by atoms with Gasteiger partial charge in [-0.05, 0) is 239 Å². The number of nitrogens with zero attached hydrogens (tertiary/aromatic N) is 6. The van der Waals surface area contributed by atoms with Crippen molar-refractivity contribution in [2.24, 2.45) is 42.3 Å². The number of hydrogen-bond donors (Lipinski definition) is 0. The zero-order valence-electron chi connectivity index (χ0n) is 73.0. The van der Waals surface area contributed by atoms with Gasteiger partial charge in [-0.1, -0.05) is 95.1 Å². The van der Waals surface area contributed by atoms with Crippen LogP contribution in [0.15, 0.2) is 182 Å². The van der Waals surface area contributed by atoms with Crippen LogP contribution >= 0.6 is 0 Å². The largest absolute Gasteiger partial charge is 0.215 e. The van der Waals surface area contributed by atoms with Crippen LogP contribution in [0, 0.1) is 166 Å². The summed E-state index contributed by atoms with van der Waals surface area (Å²) in [4.78, 5) is 0. The highest BCUT2D eigenvalue weighted by molar-refractivity contribution is 5.69. The average Bonchev–Trinajstić information content (AvgIpc) is 0.805. The summed E-state index contributed by atoms with van der Waals surface area (Å²) in [6.45, 7) is 42.6. The molecule has 0 radical (unpaired) electrons. The van der Waals surface area contributed by atoms with Gasteiger partial charge in [-0.15, -0.1) is 0 Å². The van der Waals surface area contributed by atoms with Crippen molar-refractivity contribution in [3.63, 3.8) is 0 Å². The molecule has 6 heterocycles. The van der Waals surface area contributed by atoms with Crippen LogP contribution in [0.3, 0.4) is 0 Å². The zero-order chi connectivity index (χ0) is 80.5. The molecule has 528 valence electrons. The molecule has 0 saturated heterocycles. The van der Waals surface area contributed by atoms with Gasteiger partial charge in [-0.25, -0.2) is 0 Å². The SMILES string of the molecule is Cc1cc(C)c(C)c(-c2cccc(C)[n+]2C)c1.Cc1ccc(-c2cc(C)cc(C)[n+]2C)c(C)c1.Cc1ccc(C)c(-c2cc(C)cc(C)[n+]2C)c1.Cc1cccc(C)c1-c1c(C)ccc(C)[n+]1C.[2H]C([2H])([2H])c1ccc(-c2cc(C)cc(C)[n+]2C)c(C)c1.[2H]C([2H])([2H])c1cccc(-c2cc(C)cc(C)[n+]2C)c1C. The maximum atomic E-state index is 7.64. The van der Waals surface area contributed by atoms with Crippen molar-refractivity contribution in [1.29, 1.82) is 0 Å². The summed E-state index contributed by atoms with van der Waals surface area (Å²) in [5.41, 5.74) is 43.3. The molecule has 0 amide bonds. The van der Waals surface area contributed by atoms with Crippen molar-refractivity contribution in [2.45, 2.75) is 166 Å². The highest BCUT2D eigenvalue weighted by Crippen LogP contribution is 2.30. The normalized spacial score (nSPS) is 11.8. The van der Waals surface area contributed by atoms with Gasteiger partial charge in [0.25, 0.3) is 0 Å². The fourth-order valence-corrected chi connectivity index (χ4v) is 13.6. The van der Waals surface area contributed by atoms with Gasteiger partial charge in [-0.2, -0.15) is 27.4 Å². The molecular weight excluding hydrogens is 1240 g/mol. The van der Waals surface area contributed by atoms with Crippen molar-refractivity contribution in [1.82, 2.24) is 0 Å². The van der Waals surface area contributed by atoms with Crippen LogP contribution in [0.4, 0.5) is 0 Å². The number of hydrogen-bond acceptors (Lipinski definition) is 0. The van der Waals surface area contributed by atoms with Crippen molar-refractivity contribution in [3.05, 3.63) is 316 Å². The summed E-state index contributed by atoms with van der Waals surface area (Å²) in [5.74, 6) is 0. The third kappa shape index (κ3) is 19.4. The molecule has 0 bridgehead atoms. The molecule has 0 aliphatic carbocycles. The van der Waals surface area contributed by atoms with Crippen molar-refractivity contribution in [2.75, 3.05) is 0 Å². The number of rotatable bonds is 6. The summed E-state index contributed by atoms with van der Waals surface area (Å²) in [6.07, 6.45) is 0. The third-order valence-corrected chi connectivity index (χ3v) is 20.3. The van der Waals surface area contributed by atoms with Gasteiger partial charge in [0.05, 0.1) is 5.56 Å². The predicted octanol–water partition coefficient (Wildman–Crippen LogP) is 20.5. The van der Waals surface area contributed by atoms with Crippen LogP contribution < -0.4 is 27.4 Å². The molecule has 0 fully saturated rings. The Balaban J connectivity index is 0.000000181. The van der Waals surface area contributed by atoms with E-state index in [-0.39, 0.29) is 0 Å². The lowest BCUT2D eigenvalue weighted by atomic mass is 9.96. The summed E-state index contributed by atoms with van der Waals surface area (Å²) >= 11 is 0. The van der Waals surface area contributed by atoms with E-state index in [9.17, 15) is 0 Å². The second-order valence-electron chi connectivity index (χ2n) is 28.8. The van der Waals surface area contributed by atoms with E-state index in [0.29, 0.717) is 11.1 Å². The van der Waals surface area contributed by atoms with Gasteiger partial charge >= 0.3 is 0 Å². The Morgan fingerprint density at radius 2 is 0.569 bits per heavy atom. The van der Waals surface area contributed by atoms with Crippen molar-refractivity contribution < 1.29 is 35.6 Å². The summed E-state index contributed by atoms with van der Waals surface area (Å²) in [5, 5.41) is 0. The fraction of sp³-hybridized carbons (Fsp3) is 0.312. The molecule has 6 nitrogen and oxygen atoms in total. The Hall–Kier alpha value is -9.78. The minimum absolute atomic E-state index is 0.394. The Kier molecular flexibility index (Phi) is 24.1. The second-order valence-corrected chi connectivity index (χ2v) is 28.8. The average molecular weight is 1360 g/mol. The van der Waals surface area contributed by atoms with Crippen molar-refractivity contribution in [3.8, 4) is 67.5 Å². The van der Waals surface area contributed by atoms with E-state index in [1.807, 2.05) is 46.1 Å². The number of benzene rings is 6. The number of pyridine rings is 6. The maximum absolute atomic E-state index is 7.64. The molecule has 0 unspecified atom stereocenters. The Morgan fingerprint density at radius 1 is 0.206 bits per heavy atom. The van der Waals surface area contributed by atoms with Gasteiger partial charge in [0.2, 0.25) is 34.2 Å². The van der Waals surface area contributed by atoms with Gasteiger partial charge in [0, 0.05) is 150 Å². The molecule has 0 atom stereocenters. The van der Waals surface area contributed by atoms with E-state index >= 15 is 0 Å². The van der Waals surface area contributed by atoms with E-state index in [2.05, 4.69) is 340 Å². The lowest BCUT2D eigenvalue weighted by Crippen LogP contribution is -2.35. The summed E-state index contributed by atoms with van der Waals surface area (Å²) in [6, 6.07) is 63.4. The maximum Gasteiger partial charge on any atom is 0.215 e. The molecule has 0 spiro atoms. The van der Waals surface area contributed by atoms with Crippen LogP contribution in [-0.2, 0) is 42.3 Å². The standard InChI is InChI=1S/6C16H20N/c1-11-6-7-13(3)15(9-11)16-10-12(2)8-14(4)17(16)5;2*1-11-6-7-15(13(3)8-11)16-10-12(2)9-14(4)17(16)5;1-11-9-12(2)14(4)15(10-11)16-8-6-7-13(3)17(16)5;1-11-9-13(3)17(5)16(10-11)15-8-6-7-12(2)14(15)4;1-11-7-6-8-12(2)15(11)16-13(3)9-10-14(4)17(16)5/h6*6-10H,1-5H3/q6*+1/i;1D3;;;2D3;. The van der Waals surface area contributed by atoms with E-state index in [1.54, 1.807) is 18.2 Å². The smallest absolute Gasteiger partial charge is 0.199 e. The van der Waals surface area contributed by atoms with Gasteiger partial charge in [0.15, 0.2) is 34.2 Å². The molecule has 6 aromatic heterocycles. The molecule has 0 saturated carbocycles. The monoisotopic (exact) mass is 1360 g/mol. The van der Waals surface area contributed by atoms with E-state index in [0.717, 1.165) is 39.3 Å². The summed E-state index contributed by atoms with van der Waals surface area (Å²) in [7, 11) is 12.6. The molecule has 0 N–H and O–H groups in total. The van der Waals surface area contributed by atoms with Gasteiger partial charge in [0.1, 0.15) is 42.3 Å². The molecule has 6 heteroatoms. The van der Waals surface area contributed by atoms with Crippen LogP contribution in [0.2, 0.25) is 0 Å². The molecule has 6 aromatic carbocycles. The lowest BCUT2D eigenvalue weighted by molar-refractivity contribution is -0.667. The Morgan fingerprint density at radius 3 is 1.06 bits per heavy atom. The first-order valence-electron chi connectivity index (χ1n) is 38.7. The summed E-state index contributed by atoms with van der Waals surface area (Å²) < 4.78 is 58.6. The predicted molar refractivity (Wildman–Crippen MR) is 432 cm³/mol. The van der Waals surface area contributed by atoms with E-state index in [1.165, 1.54) is 151 Å². The quantitative estimate of drug-likeness (QED) is 0.148. The molecule has 102 heavy (non-hydrogen) atoms. The van der Waals surface area contributed by atoms with Gasteiger partial charge < -0.3 is 0 Å². The van der Waals surface area contributed by atoms with Crippen LogP contribution in [0.5, 0.6) is 0 Å². The van der Waals surface area contributed by atoms with Crippen LogP contribution in [-0.4, -0.2) is 0 Å². The highest BCUT2D eigenvalue weighted by atomic mass is 15.0. The first kappa shape index (κ1) is 70.6. The minimum Gasteiger partial charge on any atom is -0.199 e. The topological polar surface area (TPSA) is 23.3 Å².